The minimum atomic E-state index is -0.239. The van der Waals surface area contributed by atoms with Gasteiger partial charge in [0.2, 0.25) is 0 Å². The number of hydrogen-bond donors (Lipinski definition) is 8. The van der Waals surface area contributed by atoms with Gasteiger partial charge in [-0.1, -0.05) is 36.4 Å². The molecule has 0 radical (unpaired) electrons. The SMILES string of the molecule is CN(C)Cc1[nH]c2ccccc2c1C1NC(=O)c2cc(N)c(N)cc21.CN(C)Cc1[nH]c2ccccc2c1C1NC(=O)c2cc3nc(N)[nH]c3cc21. The van der Waals surface area contributed by atoms with E-state index in [-0.39, 0.29) is 23.9 Å². The van der Waals surface area contributed by atoms with Gasteiger partial charge in [0.1, 0.15) is 0 Å². The number of rotatable bonds is 6. The Kier molecular flexibility index (Phi) is 7.89. The highest BCUT2D eigenvalue weighted by Gasteiger charge is 2.35. The van der Waals surface area contributed by atoms with Crippen LogP contribution < -0.4 is 27.8 Å². The first kappa shape index (κ1) is 32.9. The lowest BCUT2D eigenvalue weighted by atomic mass is 9.95. The van der Waals surface area contributed by atoms with Crippen molar-refractivity contribution in [2.75, 3.05) is 45.4 Å². The molecule has 2 atom stereocenters. The van der Waals surface area contributed by atoms with Gasteiger partial charge < -0.3 is 52.6 Å². The molecule has 0 aliphatic carbocycles. The maximum absolute atomic E-state index is 12.7. The number of fused-ring (bicyclic) bond motifs is 5. The lowest BCUT2D eigenvalue weighted by molar-refractivity contribution is 0.0952. The van der Waals surface area contributed by atoms with E-state index in [4.69, 9.17) is 17.2 Å². The van der Waals surface area contributed by atoms with Crippen molar-refractivity contribution in [2.24, 2.45) is 0 Å². The molecule has 0 saturated carbocycles. The van der Waals surface area contributed by atoms with Gasteiger partial charge in [-0.05, 0) is 75.7 Å². The fourth-order valence-electron chi connectivity index (χ4n) is 7.62. The second kappa shape index (κ2) is 12.5. The maximum Gasteiger partial charge on any atom is 0.252 e. The molecule has 13 heteroatoms. The van der Waals surface area contributed by atoms with Crippen LogP contribution in [0.5, 0.6) is 0 Å². The van der Waals surface area contributed by atoms with Crippen LogP contribution in [-0.2, 0) is 13.1 Å². The minimum Gasteiger partial charge on any atom is -0.397 e. The summed E-state index contributed by atoms with van der Waals surface area (Å²) >= 11 is 0. The van der Waals surface area contributed by atoms with Gasteiger partial charge in [-0.25, -0.2) is 4.98 Å². The largest absolute Gasteiger partial charge is 0.397 e. The van der Waals surface area contributed by atoms with E-state index in [2.05, 4.69) is 58.6 Å². The zero-order chi connectivity index (χ0) is 36.4. The highest BCUT2D eigenvalue weighted by atomic mass is 16.2. The molecule has 2 amide bonds. The zero-order valence-electron chi connectivity index (χ0n) is 29.4. The third-order valence-electron chi connectivity index (χ3n) is 9.77. The molecule has 0 spiro atoms. The first-order valence-corrected chi connectivity index (χ1v) is 17.0. The van der Waals surface area contributed by atoms with Crippen LogP contribution in [0.25, 0.3) is 32.8 Å². The lowest BCUT2D eigenvalue weighted by Gasteiger charge is -2.17. The summed E-state index contributed by atoms with van der Waals surface area (Å²) in [7, 11) is 8.12. The van der Waals surface area contributed by atoms with E-state index in [1.165, 1.54) is 0 Å². The standard InChI is InChI=1S/C20H20N6O.C19H21N5O/c1-26(2)9-16-17(10-5-3-4-6-13(10)22-16)18-11-7-14-15(24-20(21)23-14)8-12(11)19(27)25-18;1-24(2)9-16-17(10-5-3-4-6-15(10)22-16)18-11-7-13(20)14(21)8-12(11)19(25)23-18/h3-8,18,22H,9H2,1-2H3,(H,25,27)(H3,21,23,24);3-8,18,22H,9,20-21H2,1-2H3,(H,23,25). The molecule has 0 saturated heterocycles. The third kappa shape index (κ3) is 5.56. The van der Waals surface area contributed by atoms with E-state index in [9.17, 15) is 9.59 Å². The fourth-order valence-corrected chi connectivity index (χ4v) is 7.62. The van der Waals surface area contributed by atoms with Crippen LogP contribution in [0.3, 0.4) is 0 Å². The first-order chi connectivity index (χ1) is 25.0. The van der Waals surface area contributed by atoms with Crippen LogP contribution in [0.15, 0.2) is 72.8 Å². The number of H-pyrrole nitrogens is 3. The molecular formula is C39H41N11O2. The minimum absolute atomic E-state index is 0.0837. The van der Waals surface area contributed by atoms with Crippen molar-refractivity contribution in [1.29, 1.82) is 0 Å². The summed E-state index contributed by atoms with van der Waals surface area (Å²) in [6.07, 6.45) is 0. The molecule has 4 aromatic carbocycles. The summed E-state index contributed by atoms with van der Waals surface area (Å²) in [5, 5.41) is 8.48. The molecule has 3 aromatic heterocycles. The molecule has 2 aliphatic heterocycles. The van der Waals surface area contributed by atoms with Crippen LogP contribution in [0.2, 0.25) is 0 Å². The number of nitrogen functional groups attached to an aromatic ring is 3. The molecule has 7 aromatic rings. The number of carbonyl (C=O) groups is 2. The van der Waals surface area contributed by atoms with Gasteiger partial charge in [-0.3, -0.25) is 9.59 Å². The number of aromatic nitrogens is 4. The van der Waals surface area contributed by atoms with Gasteiger partial charge in [-0.15, -0.1) is 0 Å². The molecule has 5 heterocycles. The predicted octanol–water partition coefficient (Wildman–Crippen LogP) is 4.75. The second-order valence-electron chi connectivity index (χ2n) is 14.1. The Bertz CT molecular complexity index is 2540. The Balaban J connectivity index is 0.000000149. The van der Waals surface area contributed by atoms with E-state index < -0.39 is 0 Å². The predicted molar refractivity (Wildman–Crippen MR) is 206 cm³/mol. The molecule has 9 rings (SSSR count). The Morgan fingerprint density at radius 3 is 1.63 bits per heavy atom. The summed E-state index contributed by atoms with van der Waals surface area (Å²) in [6.45, 7) is 1.50. The molecule has 0 bridgehead atoms. The van der Waals surface area contributed by atoms with E-state index in [1.54, 1.807) is 6.07 Å². The zero-order valence-corrected chi connectivity index (χ0v) is 29.4. The van der Waals surface area contributed by atoms with E-state index >= 15 is 0 Å². The number of imidazole rings is 1. The first-order valence-electron chi connectivity index (χ1n) is 17.0. The monoisotopic (exact) mass is 695 g/mol. The molecule has 0 fully saturated rings. The molecule has 2 aliphatic rings. The number of nitrogens with two attached hydrogens (primary N) is 3. The van der Waals surface area contributed by atoms with Gasteiger partial charge in [0.15, 0.2) is 5.95 Å². The van der Waals surface area contributed by atoms with Crippen LogP contribution in [-0.4, -0.2) is 69.7 Å². The fraction of sp³-hybridized carbons (Fsp3) is 0.205. The number of benzene rings is 4. The highest BCUT2D eigenvalue weighted by molar-refractivity contribution is 6.04. The smallest absolute Gasteiger partial charge is 0.252 e. The van der Waals surface area contributed by atoms with Gasteiger partial charge in [-0.2, -0.15) is 0 Å². The summed E-state index contributed by atoms with van der Waals surface area (Å²) in [5.74, 6) is 0.151. The molecule has 11 N–H and O–H groups in total. The molecular weight excluding hydrogens is 655 g/mol. The molecule has 2 unspecified atom stereocenters. The Hall–Kier alpha value is -6.31. The Morgan fingerprint density at radius 2 is 1.10 bits per heavy atom. The van der Waals surface area contributed by atoms with Crippen LogP contribution in [0.1, 0.15) is 66.4 Å². The van der Waals surface area contributed by atoms with E-state index in [1.807, 2.05) is 76.7 Å². The quantitative estimate of drug-likeness (QED) is 0.114. The summed E-state index contributed by atoms with van der Waals surface area (Å²) in [5.41, 5.74) is 29.7. The normalized spacial score (nSPS) is 16.4. The van der Waals surface area contributed by atoms with Crippen molar-refractivity contribution in [2.45, 2.75) is 25.2 Å². The van der Waals surface area contributed by atoms with Gasteiger partial charge in [0.25, 0.3) is 11.8 Å². The number of anilines is 3. The number of carbonyl (C=O) groups excluding carboxylic acids is 2. The van der Waals surface area contributed by atoms with Crippen molar-refractivity contribution >= 4 is 62.0 Å². The summed E-state index contributed by atoms with van der Waals surface area (Å²) in [6, 6.07) is 23.2. The van der Waals surface area contributed by atoms with Crippen LogP contribution in [0, 0.1) is 0 Å². The van der Waals surface area contributed by atoms with Crippen molar-refractivity contribution in [3.63, 3.8) is 0 Å². The Morgan fingerprint density at radius 1 is 0.615 bits per heavy atom. The van der Waals surface area contributed by atoms with E-state index in [0.29, 0.717) is 34.0 Å². The number of aromatic amines is 3. The highest BCUT2D eigenvalue weighted by Crippen LogP contribution is 2.41. The van der Waals surface area contributed by atoms with Crippen molar-refractivity contribution < 1.29 is 9.59 Å². The average Bonchev–Trinajstić information content (AvgIpc) is 3.88. The summed E-state index contributed by atoms with van der Waals surface area (Å²) in [4.78, 5) is 43.7. The van der Waals surface area contributed by atoms with Crippen LogP contribution >= 0.6 is 0 Å². The number of nitrogens with one attached hydrogen (secondary N) is 5. The maximum atomic E-state index is 12.7. The summed E-state index contributed by atoms with van der Waals surface area (Å²) < 4.78 is 0. The van der Waals surface area contributed by atoms with Crippen molar-refractivity contribution in [3.05, 3.63) is 118 Å². The molecule has 13 nitrogen and oxygen atoms in total. The van der Waals surface area contributed by atoms with Gasteiger partial charge >= 0.3 is 0 Å². The van der Waals surface area contributed by atoms with Crippen molar-refractivity contribution in [1.82, 2.24) is 40.4 Å². The number of amides is 2. The van der Waals surface area contributed by atoms with Gasteiger partial charge in [0.05, 0.1) is 34.5 Å². The van der Waals surface area contributed by atoms with E-state index in [0.717, 1.165) is 74.1 Å². The lowest BCUT2D eigenvalue weighted by Crippen LogP contribution is -2.22. The molecule has 264 valence electrons. The Labute approximate surface area is 299 Å². The topological polar surface area (TPSA) is 203 Å². The second-order valence-corrected chi connectivity index (χ2v) is 14.1. The third-order valence-corrected chi connectivity index (χ3v) is 9.77. The molecule has 52 heavy (non-hydrogen) atoms. The number of hydrogen-bond acceptors (Lipinski definition) is 8. The number of para-hydroxylation sites is 2. The van der Waals surface area contributed by atoms with Crippen LogP contribution in [0.4, 0.5) is 17.3 Å². The van der Waals surface area contributed by atoms with Gasteiger partial charge in [0, 0.05) is 68.5 Å². The number of nitrogens with zero attached hydrogens (tertiary/aromatic N) is 3. The van der Waals surface area contributed by atoms with Crippen molar-refractivity contribution in [3.8, 4) is 0 Å². The average molecular weight is 696 g/mol.